The first-order valence-corrected chi connectivity index (χ1v) is 4.88. The van der Waals surface area contributed by atoms with Gasteiger partial charge in [-0.15, -0.1) is 0 Å². The number of hydrogen-bond acceptors (Lipinski definition) is 5. The van der Waals surface area contributed by atoms with E-state index in [1.165, 1.54) is 20.5 Å². The van der Waals surface area contributed by atoms with Gasteiger partial charge in [0.2, 0.25) is 11.6 Å². The van der Waals surface area contributed by atoms with Crippen molar-refractivity contribution in [2.24, 2.45) is 0 Å². The van der Waals surface area contributed by atoms with E-state index in [0.717, 1.165) is 0 Å². The molecule has 0 saturated heterocycles. The summed E-state index contributed by atoms with van der Waals surface area (Å²) in [5, 5.41) is 0. The van der Waals surface area contributed by atoms with Crippen molar-refractivity contribution in [2.75, 3.05) is 14.2 Å². The molecule has 0 aliphatic heterocycles. The van der Waals surface area contributed by atoms with Gasteiger partial charge in [0, 0.05) is 17.8 Å². The van der Waals surface area contributed by atoms with Crippen LogP contribution in [-0.4, -0.2) is 29.2 Å². The van der Waals surface area contributed by atoms with Gasteiger partial charge in [-0.05, 0) is 6.07 Å². The first-order chi connectivity index (χ1) is 8.26. The average Bonchev–Trinajstić information content (AvgIpc) is 2.38. The van der Waals surface area contributed by atoms with E-state index < -0.39 is 0 Å². The molecule has 0 unspecified atom stereocenters. The molecule has 6 heteroatoms. The first-order valence-electron chi connectivity index (χ1n) is 4.88. The van der Waals surface area contributed by atoms with Gasteiger partial charge in [0.15, 0.2) is 0 Å². The Balaban J connectivity index is 2.52. The summed E-state index contributed by atoms with van der Waals surface area (Å²) in [6.45, 7) is 0. The number of methoxy groups -OCH3 is 2. The highest BCUT2D eigenvalue weighted by Gasteiger charge is 2.11. The Morgan fingerprint density at radius 1 is 1.18 bits per heavy atom. The monoisotopic (exact) mass is 233 g/mol. The van der Waals surface area contributed by atoms with Gasteiger partial charge in [0.05, 0.1) is 20.5 Å². The summed E-state index contributed by atoms with van der Waals surface area (Å²) < 4.78 is 9.98. The fourth-order valence-electron chi connectivity index (χ4n) is 1.42. The van der Waals surface area contributed by atoms with Crippen LogP contribution in [0, 0.1) is 0 Å². The van der Waals surface area contributed by atoms with Crippen molar-refractivity contribution in [3.05, 3.63) is 35.0 Å². The van der Waals surface area contributed by atoms with Crippen LogP contribution in [0.5, 0.6) is 11.6 Å². The molecule has 0 atom stereocenters. The zero-order chi connectivity index (χ0) is 12.3. The molecule has 17 heavy (non-hydrogen) atoms. The second-order valence-electron chi connectivity index (χ2n) is 3.20. The quantitative estimate of drug-likeness (QED) is 0.850. The molecule has 0 spiro atoms. The van der Waals surface area contributed by atoms with Crippen LogP contribution in [0.2, 0.25) is 0 Å². The molecule has 0 fully saturated rings. The lowest BCUT2D eigenvalue weighted by Crippen LogP contribution is -2.11. The highest BCUT2D eigenvalue weighted by atomic mass is 16.5. The largest absolute Gasteiger partial charge is 0.490 e. The van der Waals surface area contributed by atoms with Crippen LogP contribution in [0.3, 0.4) is 0 Å². The lowest BCUT2D eigenvalue weighted by atomic mass is 10.2. The Kier molecular flexibility index (Phi) is 3.04. The maximum Gasteiger partial charge on any atom is 0.293 e. The maximum absolute atomic E-state index is 11.5. The van der Waals surface area contributed by atoms with Crippen molar-refractivity contribution in [1.82, 2.24) is 15.0 Å². The SMILES string of the molecule is COc1ccc(-c2nc[nH]c(=O)c2OC)cn1. The second kappa shape index (κ2) is 4.65. The van der Waals surface area contributed by atoms with Gasteiger partial charge in [-0.25, -0.2) is 9.97 Å². The number of ether oxygens (including phenoxy) is 2. The van der Waals surface area contributed by atoms with Gasteiger partial charge in [0.1, 0.15) is 5.69 Å². The molecule has 0 aromatic carbocycles. The van der Waals surface area contributed by atoms with Crippen LogP contribution in [0.25, 0.3) is 11.3 Å². The third-order valence-electron chi connectivity index (χ3n) is 2.23. The van der Waals surface area contributed by atoms with Crippen LogP contribution < -0.4 is 15.0 Å². The second-order valence-corrected chi connectivity index (χ2v) is 3.20. The minimum absolute atomic E-state index is 0.166. The predicted octanol–water partition coefficient (Wildman–Crippen LogP) is 0.849. The number of rotatable bonds is 3. The summed E-state index contributed by atoms with van der Waals surface area (Å²) in [5.41, 5.74) is 0.813. The Morgan fingerprint density at radius 2 is 2.00 bits per heavy atom. The van der Waals surface area contributed by atoms with Crippen molar-refractivity contribution in [1.29, 1.82) is 0 Å². The molecule has 88 valence electrons. The lowest BCUT2D eigenvalue weighted by molar-refractivity contribution is 0.397. The highest BCUT2D eigenvalue weighted by molar-refractivity contribution is 5.64. The Labute approximate surface area is 97.3 Å². The zero-order valence-electron chi connectivity index (χ0n) is 9.43. The molecule has 0 aliphatic carbocycles. The third kappa shape index (κ3) is 2.10. The number of hydrogen-bond donors (Lipinski definition) is 1. The normalized spacial score (nSPS) is 10.0. The number of pyridine rings is 1. The van der Waals surface area contributed by atoms with E-state index in [-0.39, 0.29) is 11.3 Å². The van der Waals surface area contributed by atoms with Crippen molar-refractivity contribution in [2.45, 2.75) is 0 Å². The van der Waals surface area contributed by atoms with Gasteiger partial charge >= 0.3 is 0 Å². The van der Waals surface area contributed by atoms with E-state index in [4.69, 9.17) is 9.47 Å². The van der Waals surface area contributed by atoms with E-state index in [2.05, 4.69) is 15.0 Å². The Hall–Kier alpha value is -2.37. The fraction of sp³-hybridized carbons (Fsp3) is 0.182. The van der Waals surface area contributed by atoms with Crippen LogP contribution in [-0.2, 0) is 0 Å². The van der Waals surface area contributed by atoms with Gasteiger partial charge in [-0.2, -0.15) is 0 Å². The summed E-state index contributed by atoms with van der Waals surface area (Å²) in [6.07, 6.45) is 2.90. The minimum Gasteiger partial charge on any atom is -0.490 e. The van der Waals surface area contributed by atoms with Crippen LogP contribution in [0.15, 0.2) is 29.5 Å². The van der Waals surface area contributed by atoms with Crippen molar-refractivity contribution in [3.8, 4) is 22.9 Å². The molecule has 0 amide bonds. The standard InChI is InChI=1S/C11H11N3O3/c1-16-8-4-3-7(5-12-8)9-10(17-2)11(15)14-6-13-9/h3-6H,1-2H3,(H,13,14,15). The maximum atomic E-state index is 11.5. The van der Waals surface area contributed by atoms with E-state index in [1.807, 2.05) is 0 Å². The predicted molar refractivity (Wildman–Crippen MR) is 61.2 cm³/mol. The summed E-state index contributed by atoms with van der Waals surface area (Å²) in [4.78, 5) is 22.1. The molecular formula is C11H11N3O3. The van der Waals surface area contributed by atoms with E-state index in [1.54, 1.807) is 18.3 Å². The van der Waals surface area contributed by atoms with Crippen molar-refractivity contribution < 1.29 is 9.47 Å². The Bertz CT molecular complexity index is 563. The number of aromatic amines is 1. The molecule has 0 saturated carbocycles. The summed E-state index contributed by atoms with van der Waals surface area (Å²) in [6, 6.07) is 3.45. The van der Waals surface area contributed by atoms with Crippen LogP contribution in [0.4, 0.5) is 0 Å². The number of aromatic nitrogens is 3. The van der Waals surface area contributed by atoms with E-state index in [9.17, 15) is 4.79 Å². The molecule has 0 bridgehead atoms. The van der Waals surface area contributed by atoms with Gasteiger partial charge < -0.3 is 14.5 Å². The van der Waals surface area contributed by atoms with Crippen LogP contribution >= 0.6 is 0 Å². The summed E-state index contributed by atoms with van der Waals surface area (Å²) in [5.74, 6) is 0.664. The van der Waals surface area contributed by atoms with E-state index >= 15 is 0 Å². The molecular weight excluding hydrogens is 222 g/mol. The smallest absolute Gasteiger partial charge is 0.293 e. The molecule has 2 aromatic rings. The zero-order valence-corrected chi connectivity index (χ0v) is 9.43. The highest BCUT2D eigenvalue weighted by Crippen LogP contribution is 2.23. The molecule has 2 rings (SSSR count). The lowest BCUT2D eigenvalue weighted by Gasteiger charge is -2.06. The first kappa shape index (κ1) is 11.1. The Morgan fingerprint density at radius 3 is 2.59 bits per heavy atom. The molecule has 6 nitrogen and oxygen atoms in total. The number of nitrogens with zero attached hydrogens (tertiary/aromatic N) is 2. The van der Waals surface area contributed by atoms with E-state index in [0.29, 0.717) is 17.1 Å². The molecule has 0 aliphatic rings. The molecule has 2 heterocycles. The third-order valence-corrected chi connectivity index (χ3v) is 2.23. The van der Waals surface area contributed by atoms with Crippen LogP contribution in [0.1, 0.15) is 0 Å². The number of H-pyrrole nitrogens is 1. The molecule has 0 radical (unpaired) electrons. The van der Waals surface area contributed by atoms with Gasteiger partial charge in [0.25, 0.3) is 5.56 Å². The molecule has 1 N–H and O–H groups in total. The van der Waals surface area contributed by atoms with Gasteiger partial charge in [-0.3, -0.25) is 4.79 Å². The average molecular weight is 233 g/mol. The molecule has 2 aromatic heterocycles. The minimum atomic E-state index is -0.326. The number of nitrogens with one attached hydrogen (secondary N) is 1. The van der Waals surface area contributed by atoms with Crippen molar-refractivity contribution >= 4 is 0 Å². The topological polar surface area (TPSA) is 77.1 Å². The summed E-state index contributed by atoms with van der Waals surface area (Å²) >= 11 is 0. The van der Waals surface area contributed by atoms with Crippen molar-refractivity contribution in [3.63, 3.8) is 0 Å². The van der Waals surface area contributed by atoms with Gasteiger partial charge in [-0.1, -0.05) is 0 Å². The fourth-order valence-corrected chi connectivity index (χ4v) is 1.42. The summed E-state index contributed by atoms with van der Waals surface area (Å²) in [7, 11) is 2.96.